The Morgan fingerprint density at radius 1 is 0.489 bits per heavy atom. The molecule has 9 aromatic rings. The molecule has 0 aliphatic carbocycles. The molecule has 0 bridgehead atoms. The zero-order chi connectivity index (χ0) is 64.9. The summed E-state index contributed by atoms with van der Waals surface area (Å²) in [4.78, 5) is 77.9. The summed E-state index contributed by atoms with van der Waals surface area (Å²) in [7, 11) is 0. The number of pyridine rings is 4. The van der Waals surface area contributed by atoms with Crippen molar-refractivity contribution in [2.24, 2.45) is 0 Å². The van der Waals surface area contributed by atoms with Crippen molar-refractivity contribution in [3.8, 4) is 40.6 Å². The molecular formula is C62H56Cl2FN5O18. The van der Waals surface area contributed by atoms with Crippen LogP contribution in [0.5, 0.6) is 34.5 Å². The van der Waals surface area contributed by atoms with Crippen LogP contribution in [0.4, 0.5) is 4.39 Å². The Bertz CT molecular complexity index is 3840. The number of carboxylic acid groups (broad SMARTS) is 6. The van der Waals surface area contributed by atoms with Gasteiger partial charge in [-0.3, -0.25) is 9.97 Å². The zero-order valence-electron chi connectivity index (χ0n) is 47.2. The molecule has 0 radical (unpaired) electrons. The number of fused-ring (bicyclic) bond motifs is 3. The maximum absolute atomic E-state index is 12.3. The number of ether oxygens (including phenoxy) is 6. The lowest BCUT2D eigenvalue weighted by atomic mass is 10.0. The Labute approximate surface area is 511 Å². The summed E-state index contributed by atoms with van der Waals surface area (Å²) >= 11 is 11.6. The van der Waals surface area contributed by atoms with E-state index in [1.807, 2.05) is 66.7 Å². The number of nitriles is 1. The number of carboxylic acids is 6. The van der Waals surface area contributed by atoms with Crippen molar-refractivity contribution in [1.82, 2.24) is 19.9 Å². The Kier molecular flexibility index (Phi) is 28.0. The van der Waals surface area contributed by atoms with Crippen LogP contribution in [-0.4, -0.2) is 124 Å². The second kappa shape index (κ2) is 35.4. The Morgan fingerprint density at radius 3 is 1.49 bits per heavy atom. The van der Waals surface area contributed by atoms with Crippen molar-refractivity contribution in [2.75, 3.05) is 6.61 Å². The van der Waals surface area contributed by atoms with Crippen LogP contribution in [0.25, 0.3) is 32.4 Å². The second-order valence-corrected chi connectivity index (χ2v) is 18.5. The van der Waals surface area contributed by atoms with E-state index >= 15 is 0 Å². The molecular weight excluding hydrogens is 1190 g/mol. The first-order valence-electron chi connectivity index (χ1n) is 25.8. The highest BCUT2D eigenvalue weighted by Crippen LogP contribution is 2.32. The molecule has 9 rings (SSSR count). The monoisotopic (exact) mass is 1250 g/mol. The van der Waals surface area contributed by atoms with E-state index in [1.165, 1.54) is 71.4 Å². The van der Waals surface area contributed by atoms with Gasteiger partial charge in [-0.1, -0.05) is 89.9 Å². The fourth-order valence-corrected chi connectivity index (χ4v) is 7.03. The van der Waals surface area contributed by atoms with Crippen LogP contribution in [-0.2, 0) is 28.8 Å². The highest BCUT2D eigenvalue weighted by molar-refractivity contribution is 6.35. The molecule has 23 nitrogen and oxygen atoms in total. The van der Waals surface area contributed by atoms with Crippen LogP contribution in [0.1, 0.15) is 40.2 Å². The van der Waals surface area contributed by atoms with Gasteiger partial charge < -0.3 is 59.1 Å². The minimum absolute atomic E-state index is 0.233. The molecule has 6 N–H and O–H groups in total. The predicted molar refractivity (Wildman–Crippen MR) is 319 cm³/mol. The lowest BCUT2D eigenvalue weighted by molar-refractivity contribution is -0.145. The van der Waals surface area contributed by atoms with E-state index in [1.54, 1.807) is 54.7 Å². The summed E-state index contributed by atoms with van der Waals surface area (Å²) in [5.41, 5.74) is 1.40. The van der Waals surface area contributed by atoms with Crippen molar-refractivity contribution in [3.63, 3.8) is 0 Å². The average molecular weight is 1250 g/mol. The van der Waals surface area contributed by atoms with E-state index < -0.39 is 72.3 Å². The highest BCUT2D eigenvalue weighted by Gasteiger charge is 2.18. The number of hydrogen-bond acceptors (Lipinski definition) is 17. The number of aliphatic carboxylic acids is 6. The third-order valence-electron chi connectivity index (χ3n) is 11.1. The predicted octanol–water partition coefficient (Wildman–Crippen LogP) is 11.2. The van der Waals surface area contributed by atoms with Crippen molar-refractivity contribution < 1.29 is 92.2 Å². The van der Waals surface area contributed by atoms with Crippen LogP contribution in [0.15, 0.2) is 171 Å². The first-order valence-corrected chi connectivity index (χ1v) is 26.5. The molecule has 4 heterocycles. The molecule has 0 amide bonds. The molecule has 458 valence electrons. The first-order chi connectivity index (χ1) is 41.9. The van der Waals surface area contributed by atoms with Crippen molar-refractivity contribution in [1.29, 1.82) is 5.26 Å². The molecule has 88 heavy (non-hydrogen) atoms. The molecule has 0 aliphatic heterocycles. The average Bonchev–Trinajstić information content (AvgIpc) is 2.20. The van der Waals surface area contributed by atoms with E-state index in [0.29, 0.717) is 39.3 Å². The number of carbonyl (C=O) groups is 6. The van der Waals surface area contributed by atoms with Crippen molar-refractivity contribution in [3.05, 3.63) is 192 Å². The largest absolute Gasteiger partial charge is 0.482 e. The summed E-state index contributed by atoms with van der Waals surface area (Å²) in [6.45, 7) is 6.92. The minimum Gasteiger partial charge on any atom is -0.482 e. The van der Waals surface area contributed by atoms with Gasteiger partial charge in [-0.05, 0) is 101 Å². The molecule has 1 unspecified atom stereocenters. The number of rotatable bonds is 18. The molecule has 0 aliphatic rings. The fourth-order valence-electron chi connectivity index (χ4n) is 6.64. The van der Waals surface area contributed by atoms with E-state index in [9.17, 15) is 33.2 Å². The van der Waals surface area contributed by atoms with Gasteiger partial charge in [-0.15, -0.1) is 0 Å². The third kappa shape index (κ3) is 23.6. The van der Waals surface area contributed by atoms with Gasteiger partial charge >= 0.3 is 35.8 Å². The van der Waals surface area contributed by atoms with Gasteiger partial charge in [0.05, 0.1) is 35.7 Å². The Hall–Kier alpha value is -10.9. The lowest BCUT2D eigenvalue weighted by Gasteiger charge is -2.13. The van der Waals surface area contributed by atoms with Gasteiger partial charge in [0, 0.05) is 50.4 Å². The first kappa shape index (κ1) is 69.6. The van der Waals surface area contributed by atoms with Gasteiger partial charge in [-0.2, -0.15) is 9.65 Å². The maximum Gasteiger partial charge on any atom is 0.344 e. The van der Waals surface area contributed by atoms with Crippen LogP contribution in [0, 0.1) is 17.3 Å². The maximum atomic E-state index is 12.3. The molecule has 5 atom stereocenters. The summed E-state index contributed by atoms with van der Waals surface area (Å²) in [5, 5.41) is 65.6. The quantitative estimate of drug-likeness (QED) is 0.0435. The molecule has 4 aromatic heterocycles. The summed E-state index contributed by atoms with van der Waals surface area (Å²) in [6, 6.07) is 41.6. The SMILES string of the molecule is CC(Oc1cccnc1)C(=O)O.C[C@H](Oc1ccc(C#N)c2ccccc12)C(=O)O.C[C@H](Oc1ccc(Cl)c2ccccc12)C(=O)O.C[C@H](Oc1ccc(F)nc1)C(=O)O.C[C@H](Oc1cnc2ccccc2c1)C(=O)O.O=C(O)COc1ccnc(Cl)c1. The van der Waals surface area contributed by atoms with E-state index in [2.05, 4.69) is 26.0 Å². The number of para-hydroxylation sites is 1. The Balaban J connectivity index is 0.000000228. The summed E-state index contributed by atoms with van der Waals surface area (Å²) in [6.07, 6.45) is 2.68. The Morgan fingerprint density at radius 2 is 0.977 bits per heavy atom. The second-order valence-electron chi connectivity index (χ2n) is 17.7. The van der Waals surface area contributed by atoms with Gasteiger partial charge in [-0.25, -0.2) is 38.7 Å². The molecule has 0 fully saturated rings. The van der Waals surface area contributed by atoms with Gasteiger partial charge in [0.1, 0.15) is 39.7 Å². The number of halogens is 3. The van der Waals surface area contributed by atoms with Crippen LogP contribution >= 0.6 is 23.2 Å². The van der Waals surface area contributed by atoms with Crippen molar-refractivity contribution in [2.45, 2.75) is 65.1 Å². The van der Waals surface area contributed by atoms with Gasteiger partial charge in [0.2, 0.25) is 5.95 Å². The van der Waals surface area contributed by atoms with Crippen LogP contribution in [0.3, 0.4) is 0 Å². The summed E-state index contributed by atoms with van der Waals surface area (Å²) in [5.74, 6) is -4.17. The molecule has 5 aromatic carbocycles. The van der Waals surface area contributed by atoms with E-state index in [0.717, 1.165) is 44.7 Å². The van der Waals surface area contributed by atoms with Crippen LogP contribution in [0.2, 0.25) is 10.2 Å². The van der Waals surface area contributed by atoms with Gasteiger partial charge in [0.25, 0.3) is 0 Å². The normalized spacial score (nSPS) is 11.8. The van der Waals surface area contributed by atoms with Gasteiger partial charge in [0.15, 0.2) is 37.1 Å². The minimum atomic E-state index is -1.08. The smallest absolute Gasteiger partial charge is 0.344 e. The number of hydrogen-bond donors (Lipinski definition) is 6. The molecule has 26 heteroatoms. The lowest BCUT2D eigenvalue weighted by Crippen LogP contribution is -2.22. The van der Waals surface area contributed by atoms with E-state index in [-0.39, 0.29) is 17.5 Å². The van der Waals surface area contributed by atoms with Crippen LogP contribution < -0.4 is 28.4 Å². The highest BCUT2D eigenvalue weighted by atomic mass is 35.5. The molecule has 0 spiro atoms. The zero-order valence-corrected chi connectivity index (χ0v) is 48.7. The third-order valence-corrected chi connectivity index (χ3v) is 11.6. The topological polar surface area (TPSA) is 355 Å². The van der Waals surface area contributed by atoms with E-state index in [4.69, 9.17) is 87.5 Å². The van der Waals surface area contributed by atoms with Crippen molar-refractivity contribution >= 4 is 91.5 Å². The number of nitrogens with zero attached hydrogens (tertiary/aromatic N) is 5. The number of benzene rings is 5. The summed E-state index contributed by atoms with van der Waals surface area (Å²) < 4.78 is 43.0. The molecule has 0 saturated heterocycles. The number of aromatic nitrogens is 4. The standard InChI is InChI=1S/C14H11NO3.C13H11ClO3.C12H11NO3.C8H8FNO3.C8H9NO3.C7H6ClNO3/c1-9(14(16)17)18-13-7-6-10(8-15)11-4-2-3-5-12(11)13;1-8(13(15)16)17-12-7-6-11(14)9-4-2-3-5-10(9)12;1-8(12(14)15)16-10-6-9-4-2-3-5-11(9)13-7-10;1-5(8(11)12)13-6-2-3-7(9)10-4-6;1-6(8(10)11)12-7-3-2-4-9-5-7;8-6-3-5(1-2-9-6)12-4-7(10)11/h2-7,9H,1H3,(H,16,17);2-8H,1H3,(H,15,16);2-8H,1H3,(H,14,15);2-5H,1H3,(H,11,12);2-6H,1H3,(H,10,11);1-3H,4H2,(H,10,11)/t9-;2*8-;5-;;/m0000../s1. The fraction of sp³-hybridized carbons (Fsp3) is 0.177. The molecule has 0 saturated carbocycles.